The van der Waals surface area contributed by atoms with E-state index in [9.17, 15) is 0 Å². The molecule has 2 atom stereocenters. The fourth-order valence-electron chi connectivity index (χ4n) is 0.312. The van der Waals surface area contributed by atoms with Crippen molar-refractivity contribution in [1.29, 1.82) is 0 Å². The summed E-state index contributed by atoms with van der Waals surface area (Å²) in [5.74, 6) is 0. The van der Waals surface area contributed by atoms with Gasteiger partial charge in [0, 0.05) is 25.7 Å². The van der Waals surface area contributed by atoms with E-state index < -0.39 is 37.5 Å². The van der Waals surface area contributed by atoms with Gasteiger partial charge in [-0.2, -0.15) is 0 Å². The summed E-state index contributed by atoms with van der Waals surface area (Å²) in [6.07, 6.45) is -14.1. The molecule has 2 nitrogen and oxygen atoms in total. The second-order valence-electron chi connectivity index (χ2n) is 1.25. The van der Waals surface area contributed by atoms with Gasteiger partial charge in [0.2, 0.25) is 0 Å². The van der Waals surface area contributed by atoms with Crippen molar-refractivity contribution in [1.82, 2.24) is 11.5 Å². The smallest absolute Gasteiger partial charge is 0.0496 e. The molecule has 0 amide bonds. The van der Waals surface area contributed by atoms with Gasteiger partial charge in [-0.1, -0.05) is 12.7 Å². The Morgan fingerprint density at radius 2 is 1.62 bits per heavy atom. The highest BCUT2D eigenvalue weighted by molar-refractivity contribution is 4.78. The second-order valence-corrected chi connectivity index (χ2v) is 1.25. The van der Waals surface area contributed by atoms with Crippen LogP contribution in [0.2, 0.25) is 0 Å². The third kappa shape index (κ3) is 1.20. The van der Waals surface area contributed by atoms with Crippen molar-refractivity contribution < 1.29 is 13.7 Å². The highest BCUT2D eigenvalue weighted by Crippen LogP contribution is 2.16. The molecule has 0 saturated heterocycles. The van der Waals surface area contributed by atoms with Crippen molar-refractivity contribution in [3.63, 3.8) is 0 Å². The summed E-state index contributed by atoms with van der Waals surface area (Å²) in [5.41, 5.74) is 14.8. The van der Waals surface area contributed by atoms with Crippen LogP contribution in [-0.4, -0.2) is 12.0 Å². The van der Waals surface area contributed by atoms with Crippen LogP contribution in [0.15, 0.2) is 0 Å². The number of hydrogen-bond donors (Lipinski definition) is 0. The summed E-state index contributed by atoms with van der Waals surface area (Å²) in [6, 6.07) is -7.06. The van der Waals surface area contributed by atoms with Crippen LogP contribution in [0.4, 0.5) is 0 Å². The van der Waals surface area contributed by atoms with Gasteiger partial charge in [-0.3, -0.25) is 11.5 Å². The summed E-state index contributed by atoms with van der Waals surface area (Å²) in [7, 11) is 0. The van der Waals surface area contributed by atoms with E-state index in [1.807, 2.05) is 0 Å². The molecule has 2 radical (unpaired) electrons. The number of hydrogen-bond acceptors (Lipinski definition) is 0. The van der Waals surface area contributed by atoms with E-state index in [4.69, 9.17) is 25.2 Å². The van der Waals surface area contributed by atoms with E-state index in [2.05, 4.69) is 0 Å². The molecule has 1 saturated carbocycles. The molecule has 0 aromatic rings. The highest BCUT2D eigenvalue weighted by atomic mass is 14.8. The first-order valence-electron chi connectivity index (χ1n) is 7.00. The molecule has 1 rings (SSSR count). The first kappa shape index (κ1) is 1.18. The maximum Gasteiger partial charge on any atom is 0.0496 e. The molecule has 0 unspecified atom stereocenters. The lowest BCUT2D eigenvalue weighted by molar-refractivity contribution is 0.369. The maximum absolute atomic E-state index is 7.39. The van der Waals surface area contributed by atoms with Crippen molar-refractivity contribution in [2.45, 2.75) is 37.5 Å². The third-order valence-electron chi connectivity index (χ3n) is 0.688. The lowest BCUT2D eigenvalue weighted by Crippen LogP contribution is -2.31. The first-order valence-corrected chi connectivity index (χ1v) is 2.00. The zero-order valence-corrected chi connectivity index (χ0v) is 4.00. The van der Waals surface area contributed by atoms with Crippen LogP contribution in [0, 0.1) is 0 Å². The third-order valence-corrected chi connectivity index (χ3v) is 0.688. The van der Waals surface area contributed by atoms with Crippen molar-refractivity contribution >= 4 is 0 Å². The number of nitrogens with one attached hydrogen (secondary N) is 2. The van der Waals surface area contributed by atoms with Crippen LogP contribution in [0.5, 0.6) is 0 Å². The Morgan fingerprint density at radius 3 is 2.00 bits per heavy atom. The molecule has 1 fully saturated rings. The molecule has 2 N–H and O–H groups in total. The standard InChI is InChI=1S/C6H12N2/c7-5-3-1-2-4-6(5)8/h5-8H,1-4H2/t5-,6-/m1/s1/i1D2,2D2,3D2,4D2,5D,6D. The lowest BCUT2D eigenvalue weighted by atomic mass is 9.92. The van der Waals surface area contributed by atoms with Crippen molar-refractivity contribution in [3.8, 4) is 0 Å². The molecule has 1 aliphatic carbocycles. The van der Waals surface area contributed by atoms with Crippen LogP contribution in [0.1, 0.15) is 39.2 Å². The Balaban J connectivity index is 3.72. The van der Waals surface area contributed by atoms with E-state index in [1.54, 1.807) is 0 Å². The summed E-state index contributed by atoms with van der Waals surface area (Å²) in [4.78, 5) is 0. The summed E-state index contributed by atoms with van der Waals surface area (Å²) in [6.45, 7) is 0. The minimum Gasteiger partial charge on any atom is -0.253 e. The average Bonchev–Trinajstić information content (AvgIpc) is 2.14. The molecule has 0 aliphatic heterocycles. The van der Waals surface area contributed by atoms with E-state index in [-0.39, 0.29) is 0 Å². The molecule has 0 aromatic carbocycles. The zero-order chi connectivity index (χ0) is 15.0. The maximum atomic E-state index is 7.39. The predicted octanol–water partition coefficient (Wildman–Crippen LogP) is 0.863. The Hall–Kier alpha value is -0.0800. The number of rotatable bonds is 0. The van der Waals surface area contributed by atoms with Crippen LogP contribution in [-0.2, 0) is 0 Å². The second kappa shape index (κ2) is 2.46. The normalized spacial score (nSPS) is 102. The zero-order valence-electron chi connectivity index (χ0n) is 14.0. The molecule has 46 valence electrons. The molecule has 8 heavy (non-hydrogen) atoms. The topological polar surface area (TPSA) is 47.6 Å². The van der Waals surface area contributed by atoms with Gasteiger partial charge in [0.1, 0.15) is 0 Å². The van der Waals surface area contributed by atoms with Crippen LogP contribution in [0.3, 0.4) is 0 Å². The molecule has 2 heteroatoms. The van der Waals surface area contributed by atoms with Gasteiger partial charge < -0.3 is 0 Å². The minimum absolute atomic E-state index is 3.53. The summed E-state index contributed by atoms with van der Waals surface area (Å²) >= 11 is 0. The van der Waals surface area contributed by atoms with E-state index in [0.29, 0.717) is 0 Å². The van der Waals surface area contributed by atoms with Crippen LogP contribution >= 0.6 is 0 Å². The predicted molar refractivity (Wildman–Crippen MR) is 32.2 cm³/mol. The van der Waals surface area contributed by atoms with Gasteiger partial charge in [0.05, 0.1) is 0 Å². The molecule has 1 aliphatic rings. The van der Waals surface area contributed by atoms with Gasteiger partial charge in [0.15, 0.2) is 0 Å². The monoisotopic (exact) mass is 122 g/mol. The Labute approximate surface area is 64.3 Å². The lowest BCUT2D eigenvalue weighted by Gasteiger charge is -2.22. The fourth-order valence-corrected chi connectivity index (χ4v) is 0.312. The van der Waals surface area contributed by atoms with Gasteiger partial charge in [-0.25, -0.2) is 0 Å². The molecular weight excluding hydrogens is 100 g/mol. The summed E-state index contributed by atoms with van der Waals surface area (Å²) < 4.78 is 73.9. The first-order chi connectivity index (χ1) is 7.50. The van der Waals surface area contributed by atoms with Crippen molar-refractivity contribution in [2.75, 3.05) is 0 Å². The van der Waals surface area contributed by atoms with Gasteiger partial charge in [-0.15, -0.1) is 0 Å². The van der Waals surface area contributed by atoms with E-state index >= 15 is 0 Å². The Bertz CT molecular complexity index is 256. The van der Waals surface area contributed by atoms with Crippen LogP contribution in [0.25, 0.3) is 0 Å². The average molecular weight is 122 g/mol. The Morgan fingerprint density at radius 1 is 1.25 bits per heavy atom. The van der Waals surface area contributed by atoms with E-state index in [1.165, 1.54) is 0 Å². The summed E-state index contributed by atoms with van der Waals surface area (Å²) in [5, 5.41) is 0. The van der Waals surface area contributed by atoms with Crippen molar-refractivity contribution in [3.05, 3.63) is 0 Å². The molecular formula is C6H12N2. The van der Waals surface area contributed by atoms with Gasteiger partial charge in [-0.05, 0) is 12.7 Å². The quantitative estimate of drug-likeness (QED) is 0.457. The largest absolute Gasteiger partial charge is 0.253 e. The fraction of sp³-hybridized carbons (Fsp3) is 1.00. The van der Waals surface area contributed by atoms with Crippen molar-refractivity contribution in [2.24, 2.45) is 0 Å². The van der Waals surface area contributed by atoms with Gasteiger partial charge >= 0.3 is 0 Å². The molecule has 0 bridgehead atoms. The van der Waals surface area contributed by atoms with E-state index in [0.717, 1.165) is 0 Å². The molecule has 0 spiro atoms. The minimum atomic E-state index is -3.53. The SMILES string of the molecule is [2H]C1([2H])C([2H])([2H])C([2H])([2H])[C@@]([2H])([NH])[C@]([2H])([NH])C1([2H])[2H]. The highest BCUT2D eigenvalue weighted by Gasteiger charge is 2.18. The molecule has 0 heterocycles. The Kier molecular flexibility index (Phi) is 0.364. The molecule has 0 aromatic heterocycles. The van der Waals surface area contributed by atoms with Gasteiger partial charge in [0.25, 0.3) is 0 Å². The van der Waals surface area contributed by atoms with Crippen LogP contribution < -0.4 is 11.5 Å².